The summed E-state index contributed by atoms with van der Waals surface area (Å²) in [5.74, 6) is 14.8. The number of hydrogen-bond acceptors (Lipinski definition) is 2. The van der Waals surface area contributed by atoms with E-state index in [4.69, 9.17) is 21.8 Å². The second-order valence-electron chi connectivity index (χ2n) is 2.05. The van der Waals surface area contributed by atoms with Crippen LogP contribution in [0.2, 0.25) is 0 Å². The second kappa shape index (κ2) is 7.53. The molecule has 0 aromatic rings. The molecule has 0 heterocycles. The van der Waals surface area contributed by atoms with Crippen molar-refractivity contribution < 1.29 is 10.2 Å². The average molecular weight is 197 g/mol. The Morgan fingerprint density at radius 1 is 1.23 bits per heavy atom. The third-order valence-electron chi connectivity index (χ3n) is 1.05. The molecule has 13 heavy (non-hydrogen) atoms. The van der Waals surface area contributed by atoms with Gasteiger partial charge in [0.25, 0.3) is 0 Å². The van der Waals surface area contributed by atoms with Crippen molar-refractivity contribution in [3.63, 3.8) is 0 Å². The molecule has 0 saturated carbocycles. The summed E-state index contributed by atoms with van der Waals surface area (Å²) in [6, 6.07) is 0. The van der Waals surface area contributed by atoms with Gasteiger partial charge < -0.3 is 10.2 Å². The minimum Gasteiger partial charge on any atom is -0.394 e. The molecule has 0 aliphatic heterocycles. The smallest absolute Gasteiger partial charge is 0.123 e. The summed E-state index contributed by atoms with van der Waals surface area (Å²) in [6.45, 7) is 1.26. The Labute approximate surface area is 82.9 Å². The molecule has 0 aliphatic rings. The lowest BCUT2D eigenvalue weighted by atomic mass is 10.2. The van der Waals surface area contributed by atoms with E-state index in [9.17, 15) is 0 Å². The van der Waals surface area contributed by atoms with Crippen molar-refractivity contribution in [2.75, 3.05) is 6.61 Å². The third-order valence-corrected chi connectivity index (χ3v) is 1.45. The lowest BCUT2D eigenvalue weighted by Crippen LogP contribution is -2.23. The van der Waals surface area contributed by atoms with E-state index in [-0.39, 0.29) is 0 Å². The van der Waals surface area contributed by atoms with Crippen molar-refractivity contribution in [3.8, 4) is 35.5 Å². The van der Waals surface area contributed by atoms with Gasteiger partial charge in [0.05, 0.1) is 6.61 Å². The van der Waals surface area contributed by atoms with Crippen molar-refractivity contribution in [1.82, 2.24) is 0 Å². The van der Waals surface area contributed by atoms with Crippen LogP contribution in [0.1, 0.15) is 6.92 Å². The lowest BCUT2D eigenvalue weighted by molar-refractivity contribution is 0.102. The van der Waals surface area contributed by atoms with Gasteiger partial charge in [0.2, 0.25) is 0 Å². The van der Waals surface area contributed by atoms with Crippen LogP contribution in [-0.4, -0.2) is 28.3 Å². The highest BCUT2D eigenvalue weighted by Crippen LogP contribution is 1.99. The zero-order chi connectivity index (χ0) is 10.1. The van der Waals surface area contributed by atoms with Gasteiger partial charge in [-0.2, -0.15) is 0 Å². The number of alkyl halides is 1. The molecule has 0 amide bonds. The number of halogens is 1. The summed E-state index contributed by atoms with van der Waals surface area (Å²) < 4.78 is 0. The molecule has 0 fully saturated rings. The fourth-order valence-corrected chi connectivity index (χ4v) is 0.553. The molecule has 2 N–H and O–H groups in total. The molecular weight excluding hydrogens is 188 g/mol. The summed E-state index contributed by atoms with van der Waals surface area (Å²) in [5, 5.41) is 16.7. The van der Waals surface area contributed by atoms with Gasteiger partial charge in [-0.15, -0.1) is 11.6 Å². The largest absolute Gasteiger partial charge is 0.394 e. The average Bonchev–Trinajstić information content (AvgIpc) is 2.16. The molecule has 0 rings (SSSR count). The Morgan fingerprint density at radius 2 is 1.85 bits per heavy atom. The molecule has 0 bridgehead atoms. The summed E-state index contributed by atoms with van der Waals surface area (Å²) in [7, 11) is 0. The summed E-state index contributed by atoms with van der Waals surface area (Å²) in [4.78, 5) is 0. The molecule has 0 spiro atoms. The molecule has 0 saturated heterocycles. The van der Waals surface area contributed by atoms with Crippen molar-refractivity contribution in [2.24, 2.45) is 0 Å². The first-order chi connectivity index (χ1) is 6.22. The second-order valence-corrected chi connectivity index (χ2v) is 2.52. The van der Waals surface area contributed by atoms with Gasteiger partial charge in [-0.05, 0) is 30.6 Å². The number of aliphatic hydroxyl groups excluding tert-OH is 2. The predicted octanol–water partition coefficient (Wildman–Crippen LogP) is -0.0229. The summed E-state index contributed by atoms with van der Waals surface area (Å²) in [6.07, 6.45) is -1.03. The first kappa shape index (κ1) is 11.9. The third kappa shape index (κ3) is 6.09. The number of aliphatic hydroxyl groups is 2. The van der Waals surface area contributed by atoms with Crippen LogP contribution in [0.5, 0.6) is 0 Å². The molecule has 0 aromatic carbocycles. The quantitative estimate of drug-likeness (QED) is 0.481. The van der Waals surface area contributed by atoms with E-state index in [0.717, 1.165) is 0 Å². The maximum Gasteiger partial charge on any atom is 0.123 e. The van der Waals surface area contributed by atoms with Gasteiger partial charge in [0.1, 0.15) is 11.5 Å². The molecule has 2 nitrogen and oxygen atoms in total. The van der Waals surface area contributed by atoms with Crippen LogP contribution >= 0.6 is 11.6 Å². The summed E-state index contributed by atoms with van der Waals surface area (Å²) >= 11 is 5.56. The van der Waals surface area contributed by atoms with E-state index in [1.807, 2.05) is 0 Å². The topological polar surface area (TPSA) is 40.5 Å². The predicted molar refractivity (Wildman–Crippen MR) is 51.7 cm³/mol. The van der Waals surface area contributed by atoms with E-state index in [1.165, 1.54) is 0 Å². The van der Waals surface area contributed by atoms with E-state index in [1.54, 1.807) is 6.92 Å². The molecule has 3 heteroatoms. The fraction of sp³-hybridized carbons (Fsp3) is 0.400. The standard InChI is InChI=1S/C10H9ClO2/c1-2-3-4-5-6-7-9(11)10(13)8-12/h9-10,12-13H,8H2,1H3/t9-,10-/m1/s1. The minimum absolute atomic E-state index is 0.412. The Morgan fingerprint density at radius 3 is 2.38 bits per heavy atom. The first-order valence-corrected chi connectivity index (χ1v) is 4.01. The van der Waals surface area contributed by atoms with E-state index in [2.05, 4.69) is 35.5 Å². The van der Waals surface area contributed by atoms with Crippen molar-refractivity contribution >= 4 is 11.6 Å². The van der Waals surface area contributed by atoms with Crippen LogP contribution in [-0.2, 0) is 0 Å². The Bertz CT molecular complexity index is 316. The highest BCUT2D eigenvalue weighted by Gasteiger charge is 2.11. The van der Waals surface area contributed by atoms with Gasteiger partial charge in [0, 0.05) is 0 Å². The molecule has 0 aliphatic carbocycles. The highest BCUT2D eigenvalue weighted by molar-refractivity contribution is 6.22. The van der Waals surface area contributed by atoms with Gasteiger partial charge in [-0.25, -0.2) is 0 Å². The Hall–Kier alpha value is -1.11. The van der Waals surface area contributed by atoms with Crippen LogP contribution in [0.15, 0.2) is 0 Å². The Kier molecular flexibility index (Phi) is 6.89. The maximum atomic E-state index is 8.97. The molecule has 0 unspecified atom stereocenters. The van der Waals surface area contributed by atoms with E-state index >= 15 is 0 Å². The molecule has 2 atom stereocenters. The first-order valence-electron chi connectivity index (χ1n) is 3.57. The molecule has 0 radical (unpaired) electrons. The van der Waals surface area contributed by atoms with Crippen LogP contribution in [0.25, 0.3) is 0 Å². The van der Waals surface area contributed by atoms with Gasteiger partial charge in [-0.1, -0.05) is 11.8 Å². The maximum absolute atomic E-state index is 8.97. The Balaban J connectivity index is 4.10. The minimum atomic E-state index is -1.03. The zero-order valence-electron chi connectivity index (χ0n) is 7.13. The molecular formula is C10H9ClO2. The normalized spacial score (nSPS) is 12.0. The van der Waals surface area contributed by atoms with E-state index in [0.29, 0.717) is 0 Å². The lowest BCUT2D eigenvalue weighted by Gasteiger charge is -2.06. The van der Waals surface area contributed by atoms with Crippen LogP contribution in [0, 0.1) is 35.5 Å². The van der Waals surface area contributed by atoms with Gasteiger partial charge >= 0.3 is 0 Å². The highest BCUT2D eigenvalue weighted by atomic mass is 35.5. The SMILES string of the molecule is CC#CC#CC#C[C@@H](Cl)[C@H](O)CO. The monoisotopic (exact) mass is 196 g/mol. The van der Waals surface area contributed by atoms with E-state index < -0.39 is 18.1 Å². The molecule has 0 aromatic heterocycles. The van der Waals surface area contributed by atoms with Crippen LogP contribution in [0.3, 0.4) is 0 Å². The number of rotatable bonds is 2. The van der Waals surface area contributed by atoms with Crippen molar-refractivity contribution in [2.45, 2.75) is 18.4 Å². The number of hydrogen-bond donors (Lipinski definition) is 2. The van der Waals surface area contributed by atoms with Crippen molar-refractivity contribution in [1.29, 1.82) is 0 Å². The summed E-state index contributed by atoms with van der Waals surface area (Å²) in [5.41, 5.74) is 0. The zero-order valence-corrected chi connectivity index (χ0v) is 7.89. The van der Waals surface area contributed by atoms with Gasteiger partial charge in [0.15, 0.2) is 0 Å². The van der Waals surface area contributed by atoms with Crippen LogP contribution in [0.4, 0.5) is 0 Å². The van der Waals surface area contributed by atoms with Crippen LogP contribution < -0.4 is 0 Å². The van der Waals surface area contributed by atoms with Gasteiger partial charge in [-0.3, -0.25) is 0 Å². The van der Waals surface area contributed by atoms with Crippen molar-refractivity contribution in [3.05, 3.63) is 0 Å². The molecule has 68 valence electrons. The fourth-order valence-electron chi connectivity index (χ4n) is 0.419.